The van der Waals surface area contributed by atoms with Crippen LogP contribution in [0.4, 0.5) is 5.69 Å². The number of nitrogens with zero attached hydrogens (tertiary/aromatic N) is 2. The zero-order valence-electron chi connectivity index (χ0n) is 12.7. The van der Waals surface area contributed by atoms with Crippen LogP contribution in [0.15, 0.2) is 48.3 Å². The number of rotatable bonds is 5. The standard InChI is InChI=1S/C17H15N3O3/c1-22-15-6-5-12(16(9-15)23-2)8-13(10-18)17(21)20-14-4-3-7-19-11-14/h3-9,11H,1-2H3,(H,20,21)/b13-8+. The van der Waals surface area contributed by atoms with E-state index in [9.17, 15) is 10.1 Å². The van der Waals surface area contributed by atoms with Gasteiger partial charge in [-0.05, 0) is 30.3 Å². The summed E-state index contributed by atoms with van der Waals surface area (Å²) in [5.41, 5.74) is 1.07. The normalized spacial score (nSPS) is 10.6. The van der Waals surface area contributed by atoms with Gasteiger partial charge in [0.05, 0.1) is 26.1 Å². The Bertz CT molecular complexity index is 764. The molecule has 23 heavy (non-hydrogen) atoms. The third kappa shape index (κ3) is 4.08. The molecule has 0 saturated carbocycles. The third-order valence-electron chi connectivity index (χ3n) is 3.02. The van der Waals surface area contributed by atoms with Crippen LogP contribution in [0, 0.1) is 11.3 Å². The van der Waals surface area contributed by atoms with Gasteiger partial charge in [-0.25, -0.2) is 0 Å². The highest BCUT2D eigenvalue weighted by atomic mass is 16.5. The quantitative estimate of drug-likeness (QED) is 0.678. The van der Waals surface area contributed by atoms with Crippen molar-refractivity contribution in [2.24, 2.45) is 0 Å². The predicted molar refractivity (Wildman–Crippen MR) is 86.0 cm³/mol. The number of pyridine rings is 1. The van der Waals surface area contributed by atoms with E-state index in [4.69, 9.17) is 9.47 Å². The lowest BCUT2D eigenvalue weighted by Crippen LogP contribution is -2.13. The summed E-state index contributed by atoms with van der Waals surface area (Å²) in [6.45, 7) is 0. The van der Waals surface area contributed by atoms with Crippen molar-refractivity contribution >= 4 is 17.7 Å². The average Bonchev–Trinajstić information content (AvgIpc) is 2.60. The highest BCUT2D eigenvalue weighted by Gasteiger charge is 2.11. The summed E-state index contributed by atoms with van der Waals surface area (Å²) in [6.07, 6.45) is 4.56. The Morgan fingerprint density at radius 1 is 1.30 bits per heavy atom. The van der Waals surface area contributed by atoms with Gasteiger partial charge in [-0.15, -0.1) is 0 Å². The minimum absolute atomic E-state index is 0.0441. The Balaban J connectivity index is 2.28. The molecule has 0 aliphatic carbocycles. The molecule has 1 aromatic heterocycles. The second-order valence-corrected chi connectivity index (χ2v) is 4.47. The van der Waals surface area contributed by atoms with E-state index in [-0.39, 0.29) is 5.57 Å². The molecule has 0 aliphatic heterocycles. The van der Waals surface area contributed by atoms with E-state index in [1.54, 1.807) is 43.6 Å². The maximum Gasteiger partial charge on any atom is 0.266 e. The number of nitriles is 1. The Morgan fingerprint density at radius 2 is 2.13 bits per heavy atom. The summed E-state index contributed by atoms with van der Waals surface area (Å²) in [5, 5.41) is 11.9. The molecule has 0 bridgehead atoms. The molecule has 1 heterocycles. The first-order valence-electron chi connectivity index (χ1n) is 6.73. The monoisotopic (exact) mass is 309 g/mol. The fourth-order valence-corrected chi connectivity index (χ4v) is 1.88. The van der Waals surface area contributed by atoms with E-state index < -0.39 is 5.91 Å². The van der Waals surface area contributed by atoms with E-state index in [1.807, 2.05) is 6.07 Å². The largest absolute Gasteiger partial charge is 0.497 e. The van der Waals surface area contributed by atoms with Crippen LogP contribution in [0.25, 0.3) is 6.08 Å². The zero-order chi connectivity index (χ0) is 16.7. The highest BCUT2D eigenvalue weighted by molar-refractivity contribution is 6.09. The van der Waals surface area contributed by atoms with Gasteiger partial charge in [-0.1, -0.05) is 0 Å². The number of amides is 1. The van der Waals surface area contributed by atoms with Gasteiger partial charge in [0.25, 0.3) is 5.91 Å². The molecule has 0 spiro atoms. The Hall–Kier alpha value is -3.33. The minimum atomic E-state index is -0.515. The average molecular weight is 309 g/mol. The highest BCUT2D eigenvalue weighted by Crippen LogP contribution is 2.26. The van der Waals surface area contributed by atoms with Crippen LogP contribution in [0.3, 0.4) is 0 Å². The van der Waals surface area contributed by atoms with E-state index in [0.717, 1.165) is 0 Å². The molecule has 0 saturated heterocycles. The van der Waals surface area contributed by atoms with Gasteiger partial charge >= 0.3 is 0 Å². The van der Waals surface area contributed by atoms with Gasteiger partial charge in [-0.2, -0.15) is 5.26 Å². The number of hydrogen-bond donors (Lipinski definition) is 1. The van der Waals surface area contributed by atoms with E-state index in [0.29, 0.717) is 22.7 Å². The van der Waals surface area contributed by atoms with Crippen molar-refractivity contribution in [2.75, 3.05) is 19.5 Å². The fraction of sp³-hybridized carbons (Fsp3) is 0.118. The van der Waals surface area contributed by atoms with E-state index in [1.165, 1.54) is 19.4 Å². The molecule has 6 nitrogen and oxygen atoms in total. The van der Waals surface area contributed by atoms with Gasteiger partial charge in [-0.3, -0.25) is 9.78 Å². The summed E-state index contributed by atoms with van der Waals surface area (Å²) in [7, 11) is 3.06. The molecule has 1 aromatic carbocycles. The van der Waals surface area contributed by atoms with Crippen molar-refractivity contribution in [2.45, 2.75) is 0 Å². The van der Waals surface area contributed by atoms with Crippen LogP contribution in [0.1, 0.15) is 5.56 Å². The van der Waals surface area contributed by atoms with Gasteiger partial charge in [0.15, 0.2) is 0 Å². The van der Waals surface area contributed by atoms with E-state index in [2.05, 4.69) is 10.3 Å². The van der Waals surface area contributed by atoms with Gasteiger partial charge in [0.1, 0.15) is 23.1 Å². The lowest BCUT2D eigenvalue weighted by molar-refractivity contribution is -0.112. The number of hydrogen-bond acceptors (Lipinski definition) is 5. The SMILES string of the molecule is COc1ccc(/C=C(\C#N)C(=O)Nc2cccnc2)c(OC)c1. The van der Waals surface area contributed by atoms with Gasteiger partial charge < -0.3 is 14.8 Å². The summed E-state index contributed by atoms with van der Waals surface area (Å²) in [5.74, 6) is 0.613. The first-order valence-corrected chi connectivity index (χ1v) is 6.73. The van der Waals surface area contributed by atoms with Crippen molar-refractivity contribution in [1.82, 2.24) is 4.98 Å². The molecule has 2 rings (SSSR count). The van der Waals surface area contributed by atoms with Gasteiger partial charge in [0.2, 0.25) is 0 Å². The van der Waals surface area contributed by atoms with Crippen LogP contribution in [-0.2, 0) is 4.79 Å². The number of anilines is 1. The lowest BCUT2D eigenvalue weighted by Gasteiger charge is -2.08. The fourth-order valence-electron chi connectivity index (χ4n) is 1.88. The van der Waals surface area contributed by atoms with Crippen molar-refractivity contribution < 1.29 is 14.3 Å². The lowest BCUT2D eigenvalue weighted by atomic mass is 10.1. The number of nitrogens with one attached hydrogen (secondary N) is 1. The van der Waals surface area contributed by atoms with Crippen LogP contribution in [0.5, 0.6) is 11.5 Å². The predicted octanol–water partition coefficient (Wildman–Crippen LogP) is 2.64. The zero-order valence-corrected chi connectivity index (χ0v) is 12.7. The summed E-state index contributed by atoms with van der Waals surface area (Å²) in [4.78, 5) is 16.1. The smallest absolute Gasteiger partial charge is 0.266 e. The molecule has 0 unspecified atom stereocenters. The molecule has 0 atom stereocenters. The minimum Gasteiger partial charge on any atom is -0.497 e. The van der Waals surface area contributed by atoms with Crippen molar-refractivity contribution in [1.29, 1.82) is 5.26 Å². The van der Waals surface area contributed by atoms with E-state index >= 15 is 0 Å². The molecule has 1 amide bonds. The third-order valence-corrected chi connectivity index (χ3v) is 3.02. The molecule has 0 radical (unpaired) electrons. The number of carbonyl (C=O) groups is 1. The van der Waals surface area contributed by atoms with Gasteiger partial charge in [0, 0.05) is 17.8 Å². The maximum absolute atomic E-state index is 12.2. The molecule has 116 valence electrons. The number of methoxy groups -OCH3 is 2. The maximum atomic E-state index is 12.2. The Morgan fingerprint density at radius 3 is 2.74 bits per heavy atom. The topological polar surface area (TPSA) is 84.2 Å². The first-order chi connectivity index (χ1) is 11.2. The van der Waals surface area contributed by atoms with Crippen LogP contribution >= 0.6 is 0 Å². The summed E-state index contributed by atoms with van der Waals surface area (Å²) < 4.78 is 10.4. The molecule has 0 fully saturated rings. The van der Waals surface area contributed by atoms with Crippen LogP contribution in [-0.4, -0.2) is 25.1 Å². The first kappa shape index (κ1) is 16.0. The second kappa shape index (κ2) is 7.61. The van der Waals surface area contributed by atoms with Crippen molar-refractivity contribution in [3.63, 3.8) is 0 Å². The van der Waals surface area contributed by atoms with Crippen LogP contribution < -0.4 is 14.8 Å². The van der Waals surface area contributed by atoms with Crippen LogP contribution in [0.2, 0.25) is 0 Å². The summed E-state index contributed by atoms with van der Waals surface area (Å²) >= 11 is 0. The molecular formula is C17H15N3O3. The molecule has 6 heteroatoms. The Labute approximate surface area is 134 Å². The molecule has 0 aliphatic rings. The molecule has 1 N–H and O–H groups in total. The second-order valence-electron chi connectivity index (χ2n) is 4.47. The number of benzene rings is 1. The van der Waals surface area contributed by atoms with Crippen molar-refractivity contribution in [3.05, 3.63) is 53.9 Å². The number of aromatic nitrogens is 1. The van der Waals surface area contributed by atoms with Crippen molar-refractivity contribution in [3.8, 4) is 17.6 Å². The summed E-state index contributed by atoms with van der Waals surface area (Å²) in [6, 6.07) is 10.4. The number of ether oxygens (including phenoxy) is 2. The Kier molecular flexibility index (Phi) is 5.31. The number of carbonyl (C=O) groups excluding carboxylic acids is 1. The molecule has 2 aromatic rings. The molecular weight excluding hydrogens is 294 g/mol.